The fraction of sp³-hybridized carbons (Fsp3) is 0.667. The molecule has 2 atom stereocenters. The van der Waals surface area contributed by atoms with Gasteiger partial charge in [-0.1, -0.05) is 13.0 Å². The number of hydrogen-bond donors (Lipinski definition) is 1. The average Bonchev–Trinajstić information content (AvgIpc) is 2.74. The van der Waals surface area contributed by atoms with Crippen LogP contribution in [0.4, 0.5) is 0 Å². The summed E-state index contributed by atoms with van der Waals surface area (Å²) in [6, 6.07) is 4.06. The molecular weight excluding hydrogens is 254 g/mol. The standard InChI is InChI=1S/C12H21NO2S2/c1-4-7-13-12(10(2)17(3,14)15)9-11-6-5-8-16-11/h5-6,8,10,12-13H,4,7,9H2,1-3H3. The maximum Gasteiger partial charge on any atom is 0.151 e. The third-order valence-electron chi connectivity index (χ3n) is 2.90. The van der Waals surface area contributed by atoms with Crippen molar-refractivity contribution in [3.63, 3.8) is 0 Å². The Morgan fingerprint density at radius 1 is 1.47 bits per heavy atom. The molecule has 1 aromatic rings. The van der Waals surface area contributed by atoms with Crippen LogP contribution in [-0.4, -0.2) is 32.5 Å². The first-order valence-corrected chi connectivity index (χ1v) is 8.73. The molecule has 0 bridgehead atoms. The molecule has 3 nitrogen and oxygen atoms in total. The number of hydrogen-bond acceptors (Lipinski definition) is 4. The lowest BCUT2D eigenvalue weighted by atomic mass is 10.1. The van der Waals surface area contributed by atoms with Crippen molar-refractivity contribution in [1.82, 2.24) is 5.32 Å². The third kappa shape index (κ3) is 4.77. The molecule has 0 aliphatic heterocycles. The Balaban J connectivity index is 2.73. The third-order valence-corrected chi connectivity index (χ3v) is 5.48. The van der Waals surface area contributed by atoms with Gasteiger partial charge in [0.2, 0.25) is 0 Å². The van der Waals surface area contributed by atoms with Crippen molar-refractivity contribution < 1.29 is 8.42 Å². The first kappa shape index (κ1) is 14.7. The summed E-state index contributed by atoms with van der Waals surface area (Å²) in [7, 11) is -2.99. The quantitative estimate of drug-likeness (QED) is 0.829. The zero-order valence-corrected chi connectivity index (χ0v) is 12.3. The van der Waals surface area contributed by atoms with Crippen molar-refractivity contribution in [2.45, 2.75) is 38.0 Å². The van der Waals surface area contributed by atoms with Crippen molar-refractivity contribution in [2.75, 3.05) is 12.8 Å². The second-order valence-corrected chi connectivity index (χ2v) is 7.81. The first-order valence-electron chi connectivity index (χ1n) is 5.89. The van der Waals surface area contributed by atoms with Gasteiger partial charge in [-0.25, -0.2) is 8.42 Å². The Hall–Kier alpha value is -0.390. The molecule has 1 N–H and O–H groups in total. The fourth-order valence-electron chi connectivity index (χ4n) is 1.68. The Kier molecular flexibility index (Phi) is 5.62. The molecule has 1 rings (SSSR count). The summed E-state index contributed by atoms with van der Waals surface area (Å²) in [6.07, 6.45) is 3.11. The monoisotopic (exact) mass is 275 g/mol. The van der Waals surface area contributed by atoms with Crippen molar-refractivity contribution in [3.05, 3.63) is 22.4 Å². The van der Waals surface area contributed by atoms with E-state index in [4.69, 9.17) is 0 Å². The van der Waals surface area contributed by atoms with Crippen molar-refractivity contribution >= 4 is 21.2 Å². The van der Waals surface area contributed by atoms with E-state index >= 15 is 0 Å². The summed E-state index contributed by atoms with van der Waals surface area (Å²) in [6.45, 7) is 4.73. The van der Waals surface area contributed by atoms with Crippen LogP contribution in [0.2, 0.25) is 0 Å². The van der Waals surface area contributed by atoms with E-state index in [1.807, 2.05) is 11.4 Å². The zero-order valence-electron chi connectivity index (χ0n) is 10.6. The summed E-state index contributed by atoms with van der Waals surface area (Å²) in [5, 5.41) is 5.02. The molecule has 0 spiro atoms. The van der Waals surface area contributed by atoms with Crippen LogP contribution in [0, 0.1) is 0 Å². The molecule has 0 amide bonds. The van der Waals surface area contributed by atoms with E-state index in [1.165, 1.54) is 11.1 Å². The smallest absolute Gasteiger partial charge is 0.151 e. The van der Waals surface area contributed by atoms with Gasteiger partial charge in [0.15, 0.2) is 9.84 Å². The SMILES string of the molecule is CCCNC(Cc1cccs1)C(C)S(C)(=O)=O. The topological polar surface area (TPSA) is 46.2 Å². The highest BCUT2D eigenvalue weighted by atomic mass is 32.2. The largest absolute Gasteiger partial charge is 0.312 e. The second kappa shape index (κ2) is 6.52. The molecule has 1 aromatic heterocycles. The molecule has 0 aromatic carbocycles. The van der Waals surface area contributed by atoms with Gasteiger partial charge in [-0.3, -0.25) is 0 Å². The van der Waals surface area contributed by atoms with Crippen LogP contribution >= 0.6 is 11.3 Å². The van der Waals surface area contributed by atoms with Gasteiger partial charge in [-0.15, -0.1) is 11.3 Å². The highest BCUT2D eigenvalue weighted by Gasteiger charge is 2.25. The lowest BCUT2D eigenvalue weighted by Crippen LogP contribution is -2.44. The molecule has 0 aliphatic rings. The fourth-order valence-corrected chi connectivity index (χ4v) is 3.23. The molecule has 0 saturated carbocycles. The summed E-state index contributed by atoms with van der Waals surface area (Å²) in [5.74, 6) is 0. The maximum atomic E-state index is 11.6. The van der Waals surface area contributed by atoms with E-state index in [9.17, 15) is 8.42 Å². The Morgan fingerprint density at radius 3 is 2.65 bits per heavy atom. The molecule has 17 heavy (non-hydrogen) atoms. The molecule has 2 unspecified atom stereocenters. The number of thiophene rings is 1. The Morgan fingerprint density at radius 2 is 2.18 bits per heavy atom. The summed E-state index contributed by atoms with van der Waals surface area (Å²) < 4.78 is 23.3. The molecule has 0 fully saturated rings. The van der Waals surface area contributed by atoms with Crippen molar-refractivity contribution in [3.8, 4) is 0 Å². The molecule has 0 radical (unpaired) electrons. The van der Waals surface area contributed by atoms with Crippen LogP contribution in [-0.2, 0) is 16.3 Å². The highest BCUT2D eigenvalue weighted by molar-refractivity contribution is 7.91. The predicted molar refractivity (Wildman–Crippen MR) is 74.4 cm³/mol. The maximum absolute atomic E-state index is 11.6. The first-order chi connectivity index (χ1) is 7.95. The molecule has 1 heterocycles. The molecular formula is C12H21NO2S2. The molecule has 98 valence electrons. The minimum atomic E-state index is -2.99. The van der Waals surface area contributed by atoms with Gasteiger partial charge >= 0.3 is 0 Å². The number of rotatable bonds is 7. The lowest BCUT2D eigenvalue weighted by Gasteiger charge is -2.23. The van der Waals surface area contributed by atoms with Crippen LogP contribution < -0.4 is 5.32 Å². The van der Waals surface area contributed by atoms with Gasteiger partial charge in [0.25, 0.3) is 0 Å². The van der Waals surface area contributed by atoms with E-state index in [1.54, 1.807) is 18.3 Å². The van der Waals surface area contributed by atoms with E-state index in [0.29, 0.717) is 0 Å². The molecule has 0 aliphatic carbocycles. The van der Waals surface area contributed by atoms with E-state index < -0.39 is 9.84 Å². The highest BCUT2D eigenvalue weighted by Crippen LogP contribution is 2.15. The van der Waals surface area contributed by atoms with Gasteiger partial charge in [0.05, 0.1) is 5.25 Å². The van der Waals surface area contributed by atoms with E-state index in [2.05, 4.69) is 18.3 Å². The average molecular weight is 275 g/mol. The van der Waals surface area contributed by atoms with Crippen molar-refractivity contribution in [1.29, 1.82) is 0 Å². The Bertz CT molecular complexity index is 412. The van der Waals surface area contributed by atoms with Crippen LogP contribution in [0.3, 0.4) is 0 Å². The van der Waals surface area contributed by atoms with Gasteiger partial charge in [0.1, 0.15) is 0 Å². The number of sulfone groups is 1. The zero-order chi connectivity index (χ0) is 12.9. The van der Waals surface area contributed by atoms with Gasteiger partial charge < -0.3 is 5.32 Å². The summed E-state index contributed by atoms with van der Waals surface area (Å²) >= 11 is 1.68. The van der Waals surface area contributed by atoms with Crippen LogP contribution in [0.25, 0.3) is 0 Å². The Labute approximate surface area is 108 Å². The minimum absolute atomic E-state index is 0.00333. The van der Waals surface area contributed by atoms with Crippen LogP contribution in [0.1, 0.15) is 25.1 Å². The van der Waals surface area contributed by atoms with Crippen LogP contribution in [0.15, 0.2) is 17.5 Å². The molecule has 5 heteroatoms. The van der Waals surface area contributed by atoms with Gasteiger partial charge in [-0.2, -0.15) is 0 Å². The number of nitrogens with one attached hydrogen (secondary N) is 1. The molecule has 0 saturated heterocycles. The van der Waals surface area contributed by atoms with Crippen molar-refractivity contribution in [2.24, 2.45) is 0 Å². The summed E-state index contributed by atoms with van der Waals surface area (Å²) in [4.78, 5) is 1.23. The van der Waals surface area contributed by atoms with E-state index in [-0.39, 0.29) is 11.3 Å². The van der Waals surface area contributed by atoms with Crippen LogP contribution in [0.5, 0.6) is 0 Å². The van der Waals surface area contributed by atoms with E-state index in [0.717, 1.165) is 19.4 Å². The minimum Gasteiger partial charge on any atom is -0.312 e. The normalized spacial score (nSPS) is 15.7. The predicted octanol–water partition coefficient (Wildman–Crippen LogP) is 2.09. The second-order valence-electron chi connectivity index (χ2n) is 4.38. The van der Waals surface area contributed by atoms with Gasteiger partial charge in [0, 0.05) is 17.2 Å². The lowest BCUT2D eigenvalue weighted by molar-refractivity contribution is 0.484. The van der Waals surface area contributed by atoms with Gasteiger partial charge in [-0.05, 0) is 37.8 Å². The summed E-state index contributed by atoms with van der Waals surface area (Å²) in [5.41, 5.74) is 0.